The molecule has 7 heteroatoms. The van der Waals surface area contributed by atoms with Crippen LogP contribution in [0.2, 0.25) is 5.02 Å². The smallest absolute Gasteiger partial charge is 0.255 e. The number of imidazole rings is 1. The third kappa shape index (κ3) is 3.91. The lowest BCUT2D eigenvalue weighted by Gasteiger charge is -2.23. The second-order valence-corrected chi connectivity index (χ2v) is 8.21. The quantitative estimate of drug-likeness (QED) is 0.443. The summed E-state index contributed by atoms with van der Waals surface area (Å²) in [7, 11) is 0. The van der Waals surface area contributed by atoms with Crippen LogP contribution in [-0.2, 0) is 0 Å². The number of benzene rings is 2. The molecule has 1 amide bonds. The second-order valence-electron chi connectivity index (χ2n) is 7.77. The van der Waals surface area contributed by atoms with Gasteiger partial charge < -0.3 is 11.1 Å². The predicted molar refractivity (Wildman–Crippen MR) is 126 cm³/mol. The molecule has 5 rings (SSSR count). The fourth-order valence-electron chi connectivity index (χ4n) is 3.74. The minimum atomic E-state index is -0.212. The van der Waals surface area contributed by atoms with Crippen LogP contribution in [0.3, 0.4) is 0 Å². The Bertz CT molecular complexity index is 1380. The Labute approximate surface area is 190 Å². The highest BCUT2D eigenvalue weighted by molar-refractivity contribution is 6.30. The lowest BCUT2D eigenvalue weighted by molar-refractivity contribution is 0.102. The summed E-state index contributed by atoms with van der Waals surface area (Å²) >= 11 is 5.89. The van der Waals surface area contributed by atoms with Gasteiger partial charge in [-0.3, -0.25) is 9.20 Å². The van der Waals surface area contributed by atoms with Crippen LogP contribution in [0, 0.1) is 11.8 Å². The Morgan fingerprint density at radius 3 is 2.72 bits per heavy atom. The molecule has 0 saturated heterocycles. The van der Waals surface area contributed by atoms with Gasteiger partial charge in [-0.1, -0.05) is 30.0 Å². The molecular weight excluding hydrogens is 422 g/mol. The third-order valence-corrected chi connectivity index (χ3v) is 5.88. The zero-order chi connectivity index (χ0) is 22.1. The van der Waals surface area contributed by atoms with E-state index in [1.807, 2.05) is 34.9 Å². The molecule has 32 heavy (non-hydrogen) atoms. The maximum absolute atomic E-state index is 12.5. The van der Waals surface area contributed by atoms with E-state index >= 15 is 0 Å². The fraction of sp³-hybridized carbons (Fsp3) is 0.160. The Kier molecular flexibility index (Phi) is 5.26. The number of rotatable bonds is 3. The summed E-state index contributed by atoms with van der Waals surface area (Å²) in [5.74, 6) is 7.94. The zero-order valence-corrected chi connectivity index (χ0v) is 17.9. The molecule has 1 fully saturated rings. The van der Waals surface area contributed by atoms with E-state index in [0.29, 0.717) is 33.7 Å². The molecule has 2 aromatic heterocycles. The van der Waals surface area contributed by atoms with E-state index in [-0.39, 0.29) is 5.91 Å². The van der Waals surface area contributed by atoms with E-state index in [0.717, 1.165) is 29.7 Å². The van der Waals surface area contributed by atoms with E-state index < -0.39 is 0 Å². The maximum Gasteiger partial charge on any atom is 0.255 e. The number of nitrogen functional groups attached to an aromatic ring is 1. The van der Waals surface area contributed by atoms with Gasteiger partial charge in [0.15, 0.2) is 5.82 Å². The number of aromatic nitrogens is 3. The molecule has 2 aromatic carbocycles. The number of fused-ring (bicyclic) bond motifs is 1. The van der Waals surface area contributed by atoms with Crippen molar-refractivity contribution in [3.8, 4) is 11.8 Å². The van der Waals surface area contributed by atoms with Gasteiger partial charge in [0.25, 0.3) is 5.91 Å². The minimum Gasteiger partial charge on any atom is -0.382 e. The molecule has 1 aliphatic carbocycles. The molecule has 0 aliphatic heterocycles. The van der Waals surface area contributed by atoms with Crippen LogP contribution < -0.4 is 11.1 Å². The van der Waals surface area contributed by atoms with E-state index in [4.69, 9.17) is 22.3 Å². The van der Waals surface area contributed by atoms with Gasteiger partial charge in [0.2, 0.25) is 0 Å². The first kappa shape index (κ1) is 20.1. The van der Waals surface area contributed by atoms with E-state index in [9.17, 15) is 4.79 Å². The monoisotopic (exact) mass is 441 g/mol. The molecular formula is C25H20ClN5O. The average molecular weight is 442 g/mol. The molecule has 6 nitrogen and oxygen atoms in total. The number of hydrogen-bond acceptors (Lipinski definition) is 4. The fourth-order valence-corrected chi connectivity index (χ4v) is 3.87. The SMILES string of the molecule is Nc1nccn2c(C3CCC3)nc(C#Cc3cccc(NC(=O)c4ccc(Cl)cc4)c3)c12. The molecule has 0 spiro atoms. The number of carbonyl (C=O) groups is 1. The van der Waals surface area contributed by atoms with Gasteiger partial charge in [-0.2, -0.15) is 0 Å². The first-order valence-electron chi connectivity index (χ1n) is 10.4. The van der Waals surface area contributed by atoms with Gasteiger partial charge in [-0.05, 0) is 61.2 Å². The molecule has 1 saturated carbocycles. The van der Waals surface area contributed by atoms with E-state index in [1.165, 1.54) is 6.42 Å². The summed E-state index contributed by atoms with van der Waals surface area (Å²) in [4.78, 5) is 21.5. The van der Waals surface area contributed by atoms with Crippen molar-refractivity contribution in [2.75, 3.05) is 11.1 Å². The average Bonchev–Trinajstić information content (AvgIpc) is 3.11. The van der Waals surface area contributed by atoms with Gasteiger partial charge in [-0.25, -0.2) is 9.97 Å². The van der Waals surface area contributed by atoms with E-state index in [2.05, 4.69) is 22.1 Å². The third-order valence-electron chi connectivity index (χ3n) is 5.63. The Hall–Kier alpha value is -3.82. The summed E-state index contributed by atoms with van der Waals surface area (Å²) in [6, 6.07) is 14.1. The van der Waals surface area contributed by atoms with Crippen LogP contribution in [0.25, 0.3) is 5.52 Å². The van der Waals surface area contributed by atoms with E-state index in [1.54, 1.807) is 30.5 Å². The molecule has 0 atom stereocenters. The molecule has 158 valence electrons. The van der Waals surface area contributed by atoms with Crippen molar-refractivity contribution in [1.29, 1.82) is 0 Å². The van der Waals surface area contributed by atoms with Crippen LogP contribution in [0.5, 0.6) is 0 Å². The summed E-state index contributed by atoms with van der Waals surface area (Å²) in [6.45, 7) is 0. The maximum atomic E-state index is 12.5. The van der Waals surface area contributed by atoms with Crippen LogP contribution in [0.4, 0.5) is 11.5 Å². The number of carbonyl (C=O) groups excluding carboxylic acids is 1. The second kappa shape index (κ2) is 8.37. The Morgan fingerprint density at radius 1 is 1.16 bits per heavy atom. The van der Waals surface area contributed by atoms with Crippen LogP contribution in [-0.4, -0.2) is 20.3 Å². The summed E-state index contributed by atoms with van der Waals surface area (Å²) in [5.41, 5.74) is 9.45. The highest BCUT2D eigenvalue weighted by Crippen LogP contribution is 2.36. The van der Waals surface area contributed by atoms with Gasteiger partial charge in [0, 0.05) is 40.1 Å². The lowest BCUT2D eigenvalue weighted by Crippen LogP contribution is -2.12. The summed E-state index contributed by atoms with van der Waals surface area (Å²) in [5, 5.41) is 3.47. The predicted octanol–water partition coefficient (Wildman–Crippen LogP) is 4.88. The molecule has 0 radical (unpaired) electrons. The van der Waals surface area contributed by atoms with Crippen LogP contribution in [0.1, 0.15) is 52.6 Å². The zero-order valence-electron chi connectivity index (χ0n) is 17.2. The number of nitrogens with two attached hydrogens (primary N) is 1. The largest absolute Gasteiger partial charge is 0.382 e. The van der Waals surface area contributed by atoms with Gasteiger partial charge in [-0.15, -0.1) is 0 Å². The number of anilines is 2. The highest BCUT2D eigenvalue weighted by atomic mass is 35.5. The molecule has 1 aliphatic rings. The highest BCUT2D eigenvalue weighted by Gasteiger charge is 2.26. The number of halogens is 1. The lowest BCUT2D eigenvalue weighted by atomic mass is 9.85. The number of hydrogen-bond donors (Lipinski definition) is 2. The first-order valence-corrected chi connectivity index (χ1v) is 10.8. The van der Waals surface area contributed by atoms with Crippen molar-refractivity contribution in [3.05, 3.63) is 88.6 Å². The number of nitrogens with zero attached hydrogens (tertiary/aromatic N) is 3. The standard InChI is InChI=1S/C25H20ClN5O/c26-19-10-8-18(9-11-19)25(32)29-20-6-1-3-16(15-20)7-12-21-22-23(27)28-13-14-31(22)24(30-21)17-4-2-5-17/h1,3,6,8-11,13-15,17H,2,4-5H2,(H2,27,28)(H,29,32). The van der Waals surface area contributed by atoms with Gasteiger partial charge in [0.1, 0.15) is 17.0 Å². The Balaban J connectivity index is 1.43. The molecule has 2 heterocycles. The number of amides is 1. The molecule has 0 unspecified atom stereocenters. The van der Waals surface area contributed by atoms with Crippen molar-refractivity contribution in [2.24, 2.45) is 0 Å². The summed E-state index contributed by atoms with van der Waals surface area (Å²) in [6.07, 6.45) is 7.06. The molecule has 0 bridgehead atoms. The number of nitrogens with one attached hydrogen (secondary N) is 1. The van der Waals surface area contributed by atoms with Crippen LogP contribution in [0.15, 0.2) is 60.9 Å². The molecule has 4 aromatic rings. The van der Waals surface area contributed by atoms with Crippen molar-refractivity contribution in [3.63, 3.8) is 0 Å². The van der Waals surface area contributed by atoms with Crippen molar-refractivity contribution >= 4 is 34.5 Å². The van der Waals surface area contributed by atoms with Crippen molar-refractivity contribution in [1.82, 2.24) is 14.4 Å². The molecule has 3 N–H and O–H groups in total. The van der Waals surface area contributed by atoms with Crippen molar-refractivity contribution in [2.45, 2.75) is 25.2 Å². The van der Waals surface area contributed by atoms with Crippen LogP contribution >= 0.6 is 11.6 Å². The summed E-state index contributed by atoms with van der Waals surface area (Å²) < 4.78 is 2.01. The Morgan fingerprint density at radius 2 is 1.97 bits per heavy atom. The van der Waals surface area contributed by atoms with Gasteiger partial charge in [0.05, 0.1) is 0 Å². The van der Waals surface area contributed by atoms with Gasteiger partial charge >= 0.3 is 0 Å². The van der Waals surface area contributed by atoms with Crippen molar-refractivity contribution < 1.29 is 4.79 Å². The minimum absolute atomic E-state index is 0.212. The topological polar surface area (TPSA) is 85.3 Å². The normalized spacial score (nSPS) is 13.3. The first-order chi connectivity index (χ1) is 15.6.